The van der Waals surface area contributed by atoms with Crippen molar-refractivity contribution in [1.29, 1.82) is 0 Å². The van der Waals surface area contributed by atoms with Gasteiger partial charge in [-0.25, -0.2) is 9.78 Å². The SMILES string of the molecule is COCCCN(CCOC)c1ccc(Cl)c(C(=O)O)n1. The molecule has 1 aromatic rings. The average molecular weight is 303 g/mol. The van der Waals surface area contributed by atoms with E-state index in [2.05, 4.69) is 4.98 Å². The van der Waals surface area contributed by atoms with Crippen molar-refractivity contribution < 1.29 is 19.4 Å². The largest absolute Gasteiger partial charge is 0.476 e. The second kappa shape index (κ2) is 8.73. The normalized spacial score (nSPS) is 10.6. The van der Waals surface area contributed by atoms with Gasteiger partial charge in [-0.3, -0.25) is 0 Å². The van der Waals surface area contributed by atoms with Crippen LogP contribution in [0.3, 0.4) is 0 Å². The van der Waals surface area contributed by atoms with Crippen LogP contribution >= 0.6 is 11.6 Å². The number of carboxylic acids is 1. The number of hydrogen-bond acceptors (Lipinski definition) is 5. The third-order valence-corrected chi connectivity index (χ3v) is 3.00. The number of carbonyl (C=O) groups is 1. The molecular formula is C13H19ClN2O4. The Morgan fingerprint density at radius 2 is 2.00 bits per heavy atom. The highest BCUT2D eigenvalue weighted by molar-refractivity contribution is 6.33. The van der Waals surface area contributed by atoms with Crippen molar-refractivity contribution in [3.05, 3.63) is 22.8 Å². The standard InChI is InChI=1S/C13H19ClN2O4/c1-19-8-3-6-16(7-9-20-2)11-5-4-10(14)12(15-11)13(17)18/h4-5H,3,6-9H2,1-2H3,(H,17,18). The van der Waals surface area contributed by atoms with E-state index in [4.69, 9.17) is 26.2 Å². The number of carboxylic acid groups (broad SMARTS) is 1. The van der Waals surface area contributed by atoms with Gasteiger partial charge in [-0.05, 0) is 18.6 Å². The van der Waals surface area contributed by atoms with Gasteiger partial charge in [0.1, 0.15) is 5.82 Å². The second-order valence-electron chi connectivity index (χ2n) is 4.13. The van der Waals surface area contributed by atoms with Gasteiger partial charge in [0.2, 0.25) is 0 Å². The van der Waals surface area contributed by atoms with Crippen molar-refractivity contribution >= 4 is 23.4 Å². The summed E-state index contributed by atoms with van der Waals surface area (Å²) in [6.07, 6.45) is 0.812. The molecule has 1 N–H and O–H groups in total. The predicted octanol–water partition coefficient (Wildman–Crippen LogP) is 1.92. The molecular weight excluding hydrogens is 284 g/mol. The molecule has 0 saturated heterocycles. The van der Waals surface area contributed by atoms with Crippen LogP contribution in [0.5, 0.6) is 0 Å². The molecule has 0 unspecified atom stereocenters. The molecule has 0 bridgehead atoms. The summed E-state index contributed by atoms with van der Waals surface area (Å²) in [6.45, 7) is 2.47. The zero-order valence-corrected chi connectivity index (χ0v) is 12.4. The number of halogens is 1. The Bertz CT molecular complexity index is 442. The van der Waals surface area contributed by atoms with Crippen LogP contribution in [0.2, 0.25) is 5.02 Å². The third kappa shape index (κ3) is 4.96. The molecule has 0 aliphatic carbocycles. The molecule has 7 heteroatoms. The first-order valence-electron chi connectivity index (χ1n) is 6.22. The van der Waals surface area contributed by atoms with Gasteiger partial charge in [0.05, 0.1) is 11.6 Å². The molecule has 20 heavy (non-hydrogen) atoms. The van der Waals surface area contributed by atoms with Crippen LogP contribution in [0.25, 0.3) is 0 Å². The van der Waals surface area contributed by atoms with Crippen LogP contribution in [0.1, 0.15) is 16.9 Å². The summed E-state index contributed by atoms with van der Waals surface area (Å²) in [6, 6.07) is 3.25. The van der Waals surface area contributed by atoms with Crippen LogP contribution in [0.15, 0.2) is 12.1 Å². The Hall–Kier alpha value is -1.37. The predicted molar refractivity (Wildman–Crippen MR) is 76.8 cm³/mol. The van der Waals surface area contributed by atoms with Crippen molar-refractivity contribution in [3.63, 3.8) is 0 Å². The zero-order chi connectivity index (χ0) is 15.0. The fourth-order valence-corrected chi connectivity index (χ4v) is 1.89. The van der Waals surface area contributed by atoms with Crippen molar-refractivity contribution in [2.24, 2.45) is 0 Å². The molecule has 0 aromatic carbocycles. The van der Waals surface area contributed by atoms with Crippen LogP contribution < -0.4 is 4.90 Å². The lowest BCUT2D eigenvalue weighted by Gasteiger charge is -2.23. The summed E-state index contributed by atoms with van der Waals surface area (Å²) in [5.74, 6) is -0.569. The molecule has 0 amide bonds. The molecule has 0 spiro atoms. The number of aromatic carboxylic acids is 1. The summed E-state index contributed by atoms with van der Waals surface area (Å²) in [5, 5.41) is 9.18. The summed E-state index contributed by atoms with van der Waals surface area (Å²) in [4.78, 5) is 17.1. The van der Waals surface area contributed by atoms with Gasteiger partial charge < -0.3 is 19.5 Å². The number of pyridine rings is 1. The molecule has 0 radical (unpaired) electrons. The van der Waals surface area contributed by atoms with Gasteiger partial charge in [0.15, 0.2) is 5.69 Å². The number of anilines is 1. The van der Waals surface area contributed by atoms with E-state index in [0.717, 1.165) is 6.42 Å². The minimum atomic E-state index is -1.14. The maximum Gasteiger partial charge on any atom is 0.356 e. The molecule has 1 aromatic heterocycles. The molecule has 1 heterocycles. The summed E-state index contributed by atoms with van der Waals surface area (Å²) >= 11 is 5.82. The van der Waals surface area contributed by atoms with Crippen molar-refractivity contribution in [1.82, 2.24) is 4.98 Å². The molecule has 0 aliphatic heterocycles. The third-order valence-electron chi connectivity index (χ3n) is 2.70. The van der Waals surface area contributed by atoms with E-state index in [-0.39, 0.29) is 10.7 Å². The summed E-state index contributed by atoms with van der Waals surface area (Å²) in [7, 11) is 3.26. The first-order valence-corrected chi connectivity index (χ1v) is 6.60. The lowest BCUT2D eigenvalue weighted by molar-refractivity contribution is 0.0691. The zero-order valence-electron chi connectivity index (χ0n) is 11.6. The molecule has 0 saturated carbocycles. The van der Waals surface area contributed by atoms with Crippen LogP contribution in [-0.2, 0) is 9.47 Å². The highest BCUT2D eigenvalue weighted by Gasteiger charge is 2.15. The monoisotopic (exact) mass is 302 g/mol. The molecule has 0 fully saturated rings. The number of rotatable bonds is 9. The van der Waals surface area contributed by atoms with Gasteiger partial charge in [0.25, 0.3) is 0 Å². The van der Waals surface area contributed by atoms with E-state index in [0.29, 0.717) is 32.1 Å². The molecule has 6 nitrogen and oxygen atoms in total. The van der Waals surface area contributed by atoms with Gasteiger partial charge >= 0.3 is 5.97 Å². The first kappa shape index (κ1) is 16.7. The topological polar surface area (TPSA) is 71.9 Å². The Kier molecular flexibility index (Phi) is 7.28. The van der Waals surface area contributed by atoms with Gasteiger partial charge in [0, 0.05) is 33.9 Å². The van der Waals surface area contributed by atoms with Crippen LogP contribution in [0, 0.1) is 0 Å². The smallest absolute Gasteiger partial charge is 0.356 e. The Morgan fingerprint density at radius 3 is 2.60 bits per heavy atom. The van der Waals surface area contributed by atoms with Crippen molar-refractivity contribution in [3.8, 4) is 0 Å². The number of aromatic nitrogens is 1. The summed E-state index contributed by atoms with van der Waals surface area (Å²) in [5.41, 5.74) is -0.140. The summed E-state index contributed by atoms with van der Waals surface area (Å²) < 4.78 is 10.1. The minimum Gasteiger partial charge on any atom is -0.476 e. The fraction of sp³-hybridized carbons (Fsp3) is 0.538. The fourth-order valence-electron chi connectivity index (χ4n) is 1.70. The average Bonchev–Trinajstić information content (AvgIpc) is 2.43. The molecule has 0 aliphatic rings. The van der Waals surface area contributed by atoms with Gasteiger partial charge in [-0.2, -0.15) is 0 Å². The van der Waals surface area contributed by atoms with E-state index in [1.807, 2.05) is 4.90 Å². The highest BCUT2D eigenvalue weighted by atomic mass is 35.5. The maximum absolute atomic E-state index is 11.1. The van der Waals surface area contributed by atoms with Crippen LogP contribution in [0.4, 0.5) is 5.82 Å². The quantitative estimate of drug-likeness (QED) is 0.703. The number of nitrogens with zero attached hydrogens (tertiary/aromatic N) is 2. The maximum atomic E-state index is 11.1. The highest BCUT2D eigenvalue weighted by Crippen LogP contribution is 2.19. The van der Waals surface area contributed by atoms with E-state index >= 15 is 0 Å². The number of ether oxygens (including phenoxy) is 2. The van der Waals surface area contributed by atoms with Gasteiger partial charge in [-0.1, -0.05) is 11.6 Å². The Balaban J connectivity index is 2.88. The second-order valence-corrected chi connectivity index (χ2v) is 4.54. The molecule has 0 atom stereocenters. The lowest BCUT2D eigenvalue weighted by Crippen LogP contribution is -2.30. The lowest BCUT2D eigenvalue weighted by atomic mass is 10.3. The Morgan fingerprint density at radius 1 is 1.30 bits per heavy atom. The van der Waals surface area contributed by atoms with Crippen molar-refractivity contribution in [2.75, 3.05) is 45.4 Å². The van der Waals surface area contributed by atoms with Crippen LogP contribution in [-0.4, -0.2) is 56.6 Å². The number of methoxy groups -OCH3 is 2. The van der Waals surface area contributed by atoms with Crippen molar-refractivity contribution in [2.45, 2.75) is 6.42 Å². The first-order chi connectivity index (χ1) is 9.60. The van der Waals surface area contributed by atoms with E-state index in [1.165, 1.54) is 0 Å². The van der Waals surface area contributed by atoms with Gasteiger partial charge in [-0.15, -0.1) is 0 Å². The minimum absolute atomic E-state index is 0.129. The molecule has 112 valence electrons. The number of hydrogen-bond donors (Lipinski definition) is 1. The van der Waals surface area contributed by atoms with E-state index in [9.17, 15) is 4.79 Å². The Labute approximate surface area is 123 Å². The molecule has 1 rings (SSSR count). The van der Waals surface area contributed by atoms with E-state index in [1.54, 1.807) is 26.4 Å². The van der Waals surface area contributed by atoms with E-state index < -0.39 is 5.97 Å².